The topological polar surface area (TPSA) is 31.4 Å². The minimum absolute atomic E-state index is 0.742. The van der Waals surface area contributed by atoms with Crippen LogP contribution in [0.4, 0.5) is 5.82 Å². The molecule has 1 saturated heterocycles. The second-order valence-electron chi connectivity index (χ2n) is 6.10. The summed E-state index contributed by atoms with van der Waals surface area (Å²) in [5.74, 6) is 1.88. The first-order valence-electron chi connectivity index (χ1n) is 7.92. The zero-order valence-corrected chi connectivity index (χ0v) is 15.0. The van der Waals surface area contributed by atoms with Crippen molar-refractivity contribution in [2.45, 2.75) is 27.3 Å². The van der Waals surface area contributed by atoms with Crippen molar-refractivity contribution in [1.29, 1.82) is 0 Å². The zero-order valence-electron chi connectivity index (χ0n) is 13.4. The SMILES string of the molecule is CCNCc1cc(Br)cnc1N1CCN(CC(C)C)CC1. The first-order valence-corrected chi connectivity index (χ1v) is 8.72. The van der Waals surface area contributed by atoms with Crippen LogP contribution < -0.4 is 10.2 Å². The van der Waals surface area contributed by atoms with Crippen molar-refractivity contribution in [3.05, 3.63) is 22.3 Å². The maximum Gasteiger partial charge on any atom is 0.133 e. The van der Waals surface area contributed by atoms with Gasteiger partial charge in [0.25, 0.3) is 0 Å². The third-order valence-corrected chi connectivity index (χ3v) is 4.20. The molecule has 2 rings (SSSR count). The highest BCUT2D eigenvalue weighted by Crippen LogP contribution is 2.23. The average Bonchev–Trinajstić information content (AvgIpc) is 2.46. The lowest BCUT2D eigenvalue weighted by molar-refractivity contribution is 0.230. The summed E-state index contributed by atoms with van der Waals surface area (Å²) >= 11 is 3.53. The van der Waals surface area contributed by atoms with Gasteiger partial charge in [0.15, 0.2) is 0 Å². The zero-order chi connectivity index (χ0) is 15.2. The second-order valence-corrected chi connectivity index (χ2v) is 7.01. The van der Waals surface area contributed by atoms with E-state index in [1.807, 2.05) is 6.20 Å². The Hall–Kier alpha value is -0.650. The number of anilines is 1. The molecule has 1 aromatic heterocycles. The summed E-state index contributed by atoms with van der Waals surface area (Å²) in [4.78, 5) is 9.65. The molecule has 1 N–H and O–H groups in total. The van der Waals surface area contributed by atoms with Crippen LogP contribution in [0.3, 0.4) is 0 Å². The van der Waals surface area contributed by atoms with Gasteiger partial charge < -0.3 is 10.2 Å². The fraction of sp³-hybridized carbons (Fsp3) is 0.688. The molecule has 0 radical (unpaired) electrons. The molecule has 0 saturated carbocycles. The number of hydrogen-bond acceptors (Lipinski definition) is 4. The van der Waals surface area contributed by atoms with Gasteiger partial charge in [-0.2, -0.15) is 0 Å². The number of pyridine rings is 1. The number of aromatic nitrogens is 1. The van der Waals surface area contributed by atoms with E-state index < -0.39 is 0 Å². The number of nitrogens with zero attached hydrogens (tertiary/aromatic N) is 3. The molecule has 1 aliphatic rings. The van der Waals surface area contributed by atoms with Crippen LogP contribution in [0.25, 0.3) is 0 Å². The predicted molar refractivity (Wildman–Crippen MR) is 92.8 cm³/mol. The number of hydrogen-bond donors (Lipinski definition) is 1. The molecule has 2 heterocycles. The van der Waals surface area contributed by atoms with E-state index in [1.54, 1.807) is 0 Å². The smallest absolute Gasteiger partial charge is 0.133 e. The predicted octanol–water partition coefficient (Wildman–Crippen LogP) is 2.73. The van der Waals surface area contributed by atoms with Gasteiger partial charge in [0.2, 0.25) is 0 Å². The Morgan fingerprint density at radius 2 is 2.00 bits per heavy atom. The van der Waals surface area contributed by atoms with Crippen molar-refractivity contribution in [2.24, 2.45) is 5.92 Å². The van der Waals surface area contributed by atoms with Gasteiger partial charge >= 0.3 is 0 Å². The Balaban J connectivity index is 2.02. The lowest BCUT2D eigenvalue weighted by Crippen LogP contribution is -2.48. The van der Waals surface area contributed by atoms with Crippen LogP contribution in [0, 0.1) is 5.92 Å². The van der Waals surface area contributed by atoms with Gasteiger partial charge in [-0.15, -0.1) is 0 Å². The third kappa shape index (κ3) is 4.94. The Kier molecular flexibility index (Phi) is 6.45. The molecule has 0 aromatic carbocycles. The molecule has 118 valence electrons. The summed E-state index contributed by atoms with van der Waals surface area (Å²) < 4.78 is 1.05. The first-order chi connectivity index (χ1) is 10.1. The minimum atomic E-state index is 0.742. The highest BCUT2D eigenvalue weighted by Gasteiger charge is 2.20. The van der Waals surface area contributed by atoms with Crippen LogP contribution in [-0.4, -0.2) is 49.2 Å². The van der Waals surface area contributed by atoms with Gasteiger partial charge in [-0.25, -0.2) is 4.98 Å². The molecule has 1 aliphatic heterocycles. The number of nitrogens with one attached hydrogen (secondary N) is 1. The van der Waals surface area contributed by atoms with Crippen molar-refractivity contribution in [1.82, 2.24) is 15.2 Å². The average molecular weight is 355 g/mol. The molecule has 4 nitrogen and oxygen atoms in total. The number of piperazine rings is 1. The summed E-state index contributed by atoms with van der Waals surface area (Å²) in [7, 11) is 0. The van der Waals surface area contributed by atoms with E-state index in [4.69, 9.17) is 0 Å². The van der Waals surface area contributed by atoms with Crippen molar-refractivity contribution in [3.8, 4) is 0 Å². The molecule has 21 heavy (non-hydrogen) atoms. The molecular formula is C16H27BrN4. The quantitative estimate of drug-likeness (QED) is 0.850. The van der Waals surface area contributed by atoms with E-state index in [0.29, 0.717) is 0 Å². The lowest BCUT2D eigenvalue weighted by atomic mass is 10.1. The molecular weight excluding hydrogens is 328 g/mol. The molecule has 0 aliphatic carbocycles. The van der Waals surface area contributed by atoms with Gasteiger partial charge in [-0.3, -0.25) is 4.90 Å². The Morgan fingerprint density at radius 3 is 2.62 bits per heavy atom. The van der Waals surface area contributed by atoms with Crippen LogP contribution in [0.5, 0.6) is 0 Å². The van der Waals surface area contributed by atoms with Gasteiger partial charge in [0.05, 0.1) is 0 Å². The van der Waals surface area contributed by atoms with E-state index in [-0.39, 0.29) is 0 Å². The minimum Gasteiger partial charge on any atom is -0.354 e. The summed E-state index contributed by atoms with van der Waals surface area (Å²) in [5, 5.41) is 3.41. The van der Waals surface area contributed by atoms with E-state index in [2.05, 4.69) is 62.9 Å². The molecule has 0 atom stereocenters. The van der Waals surface area contributed by atoms with Crippen LogP contribution in [-0.2, 0) is 6.54 Å². The van der Waals surface area contributed by atoms with Gasteiger partial charge in [-0.1, -0.05) is 20.8 Å². The van der Waals surface area contributed by atoms with Crippen LogP contribution in [0.15, 0.2) is 16.7 Å². The number of halogens is 1. The summed E-state index contributed by atoms with van der Waals surface area (Å²) in [6.45, 7) is 14.2. The Bertz CT molecular complexity index is 442. The summed E-state index contributed by atoms with van der Waals surface area (Å²) in [5.41, 5.74) is 1.28. The second kappa shape index (κ2) is 8.11. The largest absolute Gasteiger partial charge is 0.354 e. The Labute approximate surface area is 137 Å². The molecule has 0 spiro atoms. The van der Waals surface area contributed by atoms with Gasteiger partial charge in [-0.05, 0) is 34.5 Å². The van der Waals surface area contributed by atoms with Crippen molar-refractivity contribution >= 4 is 21.7 Å². The van der Waals surface area contributed by atoms with Crippen LogP contribution in [0.2, 0.25) is 0 Å². The van der Waals surface area contributed by atoms with Crippen molar-refractivity contribution < 1.29 is 0 Å². The van der Waals surface area contributed by atoms with E-state index >= 15 is 0 Å². The Morgan fingerprint density at radius 1 is 1.29 bits per heavy atom. The highest BCUT2D eigenvalue weighted by molar-refractivity contribution is 9.10. The van der Waals surface area contributed by atoms with E-state index in [1.165, 1.54) is 12.1 Å². The molecule has 1 aromatic rings. The van der Waals surface area contributed by atoms with E-state index in [0.717, 1.165) is 55.5 Å². The van der Waals surface area contributed by atoms with Crippen LogP contribution >= 0.6 is 15.9 Å². The summed E-state index contributed by atoms with van der Waals surface area (Å²) in [6, 6.07) is 2.19. The number of rotatable bonds is 6. The molecule has 0 bridgehead atoms. The molecule has 0 amide bonds. The monoisotopic (exact) mass is 354 g/mol. The molecule has 1 fully saturated rings. The van der Waals surface area contributed by atoms with Gasteiger partial charge in [0, 0.05) is 55.5 Å². The normalized spacial score (nSPS) is 16.7. The molecule has 0 unspecified atom stereocenters. The fourth-order valence-corrected chi connectivity index (χ4v) is 3.19. The maximum absolute atomic E-state index is 4.66. The fourth-order valence-electron chi connectivity index (χ4n) is 2.81. The highest BCUT2D eigenvalue weighted by atomic mass is 79.9. The summed E-state index contributed by atoms with van der Waals surface area (Å²) in [6.07, 6.45) is 1.91. The van der Waals surface area contributed by atoms with Crippen LogP contribution in [0.1, 0.15) is 26.3 Å². The standard InChI is InChI=1S/C16H27BrN4/c1-4-18-10-14-9-15(17)11-19-16(14)21-7-5-20(6-8-21)12-13(2)3/h9,11,13,18H,4-8,10,12H2,1-3H3. The lowest BCUT2D eigenvalue weighted by Gasteiger charge is -2.37. The van der Waals surface area contributed by atoms with E-state index in [9.17, 15) is 0 Å². The third-order valence-electron chi connectivity index (χ3n) is 3.77. The van der Waals surface area contributed by atoms with Crippen molar-refractivity contribution in [2.75, 3.05) is 44.2 Å². The maximum atomic E-state index is 4.66. The molecule has 5 heteroatoms. The van der Waals surface area contributed by atoms with Crippen molar-refractivity contribution in [3.63, 3.8) is 0 Å². The first kappa shape index (κ1) is 16.7. The van der Waals surface area contributed by atoms with Gasteiger partial charge in [0.1, 0.15) is 5.82 Å².